The largest absolute Gasteiger partial charge is 0.465 e. The van der Waals surface area contributed by atoms with Crippen molar-refractivity contribution < 1.29 is 28.3 Å². The van der Waals surface area contributed by atoms with Crippen molar-refractivity contribution in [1.82, 2.24) is 5.32 Å². The van der Waals surface area contributed by atoms with Crippen molar-refractivity contribution in [2.24, 2.45) is 16.8 Å². The lowest BCUT2D eigenvalue weighted by atomic mass is 10.1. The quantitative estimate of drug-likeness (QED) is 0.328. The Balaban J connectivity index is 1.95. The van der Waals surface area contributed by atoms with Crippen LogP contribution in [0.15, 0.2) is 35.5 Å². The Bertz CT molecular complexity index is 637. The number of carbonyl (C=O) groups excluding carboxylic acids is 1. The van der Waals surface area contributed by atoms with Crippen molar-refractivity contribution in [3.63, 3.8) is 0 Å². The van der Waals surface area contributed by atoms with Crippen molar-refractivity contribution in [3.05, 3.63) is 35.9 Å². The Morgan fingerprint density at radius 3 is 2.58 bits per heavy atom. The highest BCUT2D eigenvalue weighted by Crippen LogP contribution is 2.29. The number of alkyl halides is 2. The van der Waals surface area contributed by atoms with E-state index in [2.05, 4.69) is 15.3 Å². The highest BCUT2D eigenvalue weighted by Gasteiger charge is 2.38. The Morgan fingerprint density at radius 2 is 1.96 bits per heavy atom. The molecule has 0 aromatic heterocycles. The summed E-state index contributed by atoms with van der Waals surface area (Å²) in [7, 11) is 0. The molecular formula is C15H17F2N3O4. The lowest BCUT2D eigenvalue weighted by Crippen LogP contribution is -2.34. The van der Waals surface area contributed by atoms with Gasteiger partial charge in [0, 0.05) is 11.6 Å². The van der Waals surface area contributed by atoms with E-state index in [1.165, 1.54) is 24.3 Å². The monoisotopic (exact) mass is 341 g/mol. The average molecular weight is 341 g/mol. The summed E-state index contributed by atoms with van der Waals surface area (Å²) in [6, 6.07) is 6.43. The van der Waals surface area contributed by atoms with Gasteiger partial charge in [0.05, 0.1) is 5.92 Å². The van der Waals surface area contributed by atoms with Crippen LogP contribution in [-0.2, 0) is 15.6 Å². The minimum absolute atomic E-state index is 0.232. The van der Waals surface area contributed by atoms with Crippen LogP contribution in [0.3, 0.4) is 0 Å². The number of carbonyl (C=O) groups is 2. The molecule has 0 heterocycles. The molecule has 1 fully saturated rings. The average Bonchev–Trinajstić information content (AvgIpc) is 3.00. The van der Waals surface area contributed by atoms with E-state index in [-0.39, 0.29) is 18.0 Å². The van der Waals surface area contributed by atoms with Crippen LogP contribution in [0.5, 0.6) is 0 Å². The SMILES string of the molecule is NC(=NOC(=O)[C@H]1CC[C@H](NC(=O)O)C1)C(F)(F)c1ccccc1. The number of halogens is 2. The van der Waals surface area contributed by atoms with Gasteiger partial charge in [-0.15, -0.1) is 0 Å². The Kier molecular flexibility index (Phi) is 5.32. The van der Waals surface area contributed by atoms with Gasteiger partial charge in [0.2, 0.25) is 5.84 Å². The lowest BCUT2D eigenvalue weighted by Gasteiger charge is -2.15. The van der Waals surface area contributed by atoms with E-state index in [1.807, 2.05) is 0 Å². The van der Waals surface area contributed by atoms with E-state index in [0.29, 0.717) is 12.8 Å². The maximum absolute atomic E-state index is 14.1. The maximum Gasteiger partial charge on any atom is 0.404 e. The fourth-order valence-electron chi connectivity index (χ4n) is 2.52. The lowest BCUT2D eigenvalue weighted by molar-refractivity contribution is -0.148. The normalized spacial score (nSPS) is 21.3. The number of nitrogens with one attached hydrogen (secondary N) is 1. The first-order valence-corrected chi connectivity index (χ1v) is 7.28. The summed E-state index contributed by atoms with van der Waals surface area (Å²) in [5.41, 5.74) is 4.89. The van der Waals surface area contributed by atoms with Gasteiger partial charge in [-0.2, -0.15) is 8.78 Å². The van der Waals surface area contributed by atoms with Crippen molar-refractivity contribution in [3.8, 4) is 0 Å². The van der Waals surface area contributed by atoms with Crippen LogP contribution < -0.4 is 11.1 Å². The summed E-state index contributed by atoms with van der Waals surface area (Å²) in [6.45, 7) is 0. The van der Waals surface area contributed by atoms with Crippen LogP contribution in [0.4, 0.5) is 13.6 Å². The van der Waals surface area contributed by atoms with Crippen LogP contribution in [0.1, 0.15) is 24.8 Å². The molecule has 0 aliphatic heterocycles. The number of hydrogen-bond donors (Lipinski definition) is 3. The van der Waals surface area contributed by atoms with Crippen LogP contribution in [-0.4, -0.2) is 29.0 Å². The standard InChI is InChI=1S/C15H17F2N3O4/c16-15(17,10-4-2-1-3-5-10)13(18)20-24-12(21)9-6-7-11(8-9)19-14(22)23/h1-5,9,11,19H,6-8H2,(H2,18,20)(H,22,23)/t9-,11-/m0/s1. The molecule has 24 heavy (non-hydrogen) atoms. The highest BCUT2D eigenvalue weighted by atomic mass is 19.3. The molecule has 2 atom stereocenters. The molecular weight excluding hydrogens is 324 g/mol. The molecule has 0 spiro atoms. The molecule has 1 aromatic carbocycles. The second-order valence-corrected chi connectivity index (χ2v) is 5.48. The smallest absolute Gasteiger partial charge is 0.404 e. The fraction of sp³-hybridized carbons (Fsp3) is 0.400. The topological polar surface area (TPSA) is 114 Å². The fourth-order valence-corrected chi connectivity index (χ4v) is 2.52. The molecule has 7 nitrogen and oxygen atoms in total. The van der Waals surface area contributed by atoms with Gasteiger partial charge in [0.15, 0.2) is 0 Å². The van der Waals surface area contributed by atoms with Gasteiger partial charge in [0.25, 0.3) is 0 Å². The zero-order valence-electron chi connectivity index (χ0n) is 12.6. The molecule has 1 aliphatic rings. The van der Waals surface area contributed by atoms with Crippen LogP contribution in [0.2, 0.25) is 0 Å². The molecule has 9 heteroatoms. The number of hydrogen-bond acceptors (Lipinski definition) is 4. The van der Waals surface area contributed by atoms with Crippen molar-refractivity contribution in [2.75, 3.05) is 0 Å². The molecule has 1 amide bonds. The molecule has 0 radical (unpaired) electrons. The van der Waals surface area contributed by atoms with Crippen LogP contribution in [0.25, 0.3) is 0 Å². The van der Waals surface area contributed by atoms with Gasteiger partial charge in [-0.1, -0.05) is 35.5 Å². The number of rotatable bonds is 5. The van der Waals surface area contributed by atoms with Gasteiger partial charge in [0.1, 0.15) is 0 Å². The second kappa shape index (κ2) is 7.24. The number of nitrogens with zero attached hydrogens (tertiary/aromatic N) is 1. The molecule has 4 N–H and O–H groups in total. The minimum Gasteiger partial charge on any atom is -0.465 e. The Morgan fingerprint density at radius 1 is 1.29 bits per heavy atom. The number of nitrogens with two attached hydrogens (primary N) is 1. The summed E-state index contributed by atoms with van der Waals surface area (Å²) in [5.74, 6) is -6.11. The molecule has 0 unspecified atom stereocenters. The van der Waals surface area contributed by atoms with Gasteiger partial charge in [-0.25, -0.2) is 9.59 Å². The summed E-state index contributed by atoms with van der Waals surface area (Å²) in [6.07, 6.45) is -0.103. The molecule has 1 aliphatic carbocycles. The molecule has 0 saturated heterocycles. The van der Waals surface area contributed by atoms with Gasteiger partial charge in [-0.05, 0) is 19.3 Å². The number of carboxylic acid groups (broad SMARTS) is 1. The van der Waals surface area contributed by atoms with E-state index < -0.39 is 29.7 Å². The van der Waals surface area contributed by atoms with Crippen LogP contribution in [0, 0.1) is 5.92 Å². The first-order chi connectivity index (χ1) is 11.3. The third kappa shape index (κ3) is 4.18. The van der Waals surface area contributed by atoms with E-state index in [4.69, 9.17) is 10.8 Å². The first kappa shape index (κ1) is 17.6. The molecule has 1 aromatic rings. The Hall–Kier alpha value is -2.71. The van der Waals surface area contributed by atoms with E-state index in [1.54, 1.807) is 6.07 Å². The van der Waals surface area contributed by atoms with Gasteiger partial charge >= 0.3 is 18.0 Å². The van der Waals surface area contributed by atoms with Gasteiger partial charge < -0.3 is 21.0 Å². The van der Waals surface area contributed by atoms with Crippen molar-refractivity contribution in [1.29, 1.82) is 0 Å². The zero-order valence-corrected chi connectivity index (χ0v) is 12.6. The third-order valence-corrected chi connectivity index (χ3v) is 3.79. The van der Waals surface area contributed by atoms with Crippen molar-refractivity contribution >= 4 is 17.9 Å². The number of benzene rings is 1. The first-order valence-electron chi connectivity index (χ1n) is 7.28. The number of amides is 1. The van der Waals surface area contributed by atoms with Gasteiger partial charge in [-0.3, -0.25) is 0 Å². The third-order valence-electron chi connectivity index (χ3n) is 3.79. The second-order valence-electron chi connectivity index (χ2n) is 5.48. The predicted molar refractivity (Wildman–Crippen MR) is 80.3 cm³/mol. The summed E-state index contributed by atoms with van der Waals surface area (Å²) in [4.78, 5) is 26.9. The maximum atomic E-state index is 14.1. The molecule has 130 valence electrons. The summed E-state index contributed by atoms with van der Waals surface area (Å²) < 4.78 is 28.1. The van der Waals surface area contributed by atoms with Crippen molar-refractivity contribution in [2.45, 2.75) is 31.2 Å². The summed E-state index contributed by atoms with van der Waals surface area (Å²) in [5, 5.41) is 14.0. The minimum atomic E-state index is -3.56. The highest BCUT2D eigenvalue weighted by molar-refractivity contribution is 5.88. The Labute approximate surface area is 136 Å². The molecule has 2 rings (SSSR count). The molecule has 0 bridgehead atoms. The van der Waals surface area contributed by atoms with E-state index in [9.17, 15) is 18.4 Å². The van der Waals surface area contributed by atoms with E-state index >= 15 is 0 Å². The number of amidine groups is 1. The van der Waals surface area contributed by atoms with Crippen LogP contribution >= 0.6 is 0 Å². The number of oxime groups is 1. The van der Waals surface area contributed by atoms with E-state index in [0.717, 1.165) is 0 Å². The summed E-state index contributed by atoms with van der Waals surface area (Å²) >= 11 is 0. The molecule has 1 saturated carbocycles. The zero-order chi connectivity index (χ0) is 17.7. The predicted octanol–water partition coefficient (Wildman–Crippen LogP) is 2.03.